The van der Waals surface area contributed by atoms with E-state index in [1.165, 1.54) is 5.56 Å². The molecule has 0 saturated heterocycles. The second-order valence-electron chi connectivity index (χ2n) is 4.87. The first-order valence-electron chi connectivity index (χ1n) is 6.12. The van der Waals surface area contributed by atoms with E-state index in [9.17, 15) is 0 Å². The van der Waals surface area contributed by atoms with Crippen LogP contribution in [0.4, 0.5) is 0 Å². The SMILES string of the molecule is C=CCCNC(C)(C)COCc1ccccc1. The Morgan fingerprint density at radius 1 is 1.29 bits per heavy atom. The van der Waals surface area contributed by atoms with Crippen molar-refractivity contribution in [3.8, 4) is 0 Å². The van der Waals surface area contributed by atoms with Gasteiger partial charge in [0.05, 0.1) is 13.2 Å². The lowest BCUT2D eigenvalue weighted by Crippen LogP contribution is -2.43. The van der Waals surface area contributed by atoms with Crippen molar-refractivity contribution in [3.63, 3.8) is 0 Å². The minimum absolute atomic E-state index is 0.0117. The number of rotatable bonds is 8. The quantitative estimate of drug-likeness (QED) is 0.550. The van der Waals surface area contributed by atoms with Crippen LogP contribution in [0.25, 0.3) is 0 Å². The van der Waals surface area contributed by atoms with Crippen molar-refractivity contribution in [2.45, 2.75) is 32.4 Å². The number of nitrogens with one attached hydrogen (secondary N) is 1. The molecule has 2 nitrogen and oxygen atoms in total. The summed E-state index contributed by atoms with van der Waals surface area (Å²) in [5, 5.41) is 3.45. The van der Waals surface area contributed by atoms with E-state index in [1.54, 1.807) is 0 Å². The van der Waals surface area contributed by atoms with Crippen LogP contribution in [-0.2, 0) is 11.3 Å². The topological polar surface area (TPSA) is 21.3 Å². The molecular weight excluding hydrogens is 210 g/mol. The van der Waals surface area contributed by atoms with Gasteiger partial charge >= 0.3 is 0 Å². The molecule has 0 saturated carbocycles. The van der Waals surface area contributed by atoms with E-state index < -0.39 is 0 Å². The molecule has 0 aliphatic heterocycles. The molecule has 0 spiro atoms. The molecule has 0 aliphatic carbocycles. The number of benzene rings is 1. The summed E-state index contributed by atoms with van der Waals surface area (Å²) in [7, 11) is 0. The second-order valence-corrected chi connectivity index (χ2v) is 4.87. The Bertz CT molecular complexity index is 319. The Labute approximate surface area is 105 Å². The Hall–Kier alpha value is -1.12. The van der Waals surface area contributed by atoms with E-state index >= 15 is 0 Å². The highest BCUT2D eigenvalue weighted by Crippen LogP contribution is 2.06. The maximum absolute atomic E-state index is 5.73. The van der Waals surface area contributed by atoms with Crippen LogP contribution in [0.15, 0.2) is 43.0 Å². The third-order valence-corrected chi connectivity index (χ3v) is 2.53. The molecule has 0 radical (unpaired) electrons. The van der Waals surface area contributed by atoms with Crippen molar-refractivity contribution in [2.24, 2.45) is 0 Å². The van der Waals surface area contributed by atoms with Gasteiger partial charge in [0.15, 0.2) is 0 Å². The lowest BCUT2D eigenvalue weighted by molar-refractivity contribution is 0.0714. The molecule has 94 valence electrons. The molecule has 2 heteroatoms. The van der Waals surface area contributed by atoms with Gasteiger partial charge in [-0.05, 0) is 32.4 Å². The zero-order chi connectivity index (χ0) is 12.6. The summed E-state index contributed by atoms with van der Waals surface area (Å²) in [6.07, 6.45) is 2.91. The standard InChI is InChI=1S/C15H23NO/c1-4-5-11-16-15(2,3)13-17-12-14-9-7-6-8-10-14/h4,6-10,16H,1,5,11-13H2,2-3H3. The molecule has 0 aliphatic rings. The van der Waals surface area contributed by atoms with Crippen LogP contribution in [0, 0.1) is 0 Å². The summed E-state index contributed by atoms with van der Waals surface area (Å²) < 4.78 is 5.73. The van der Waals surface area contributed by atoms with Gasteiger partial charge in [-0.15, -0.1) is 6.58 Å². The first kappa shape index (κ1) is 13.9. The Morgan fingerprint density at radius 2 is 2.00 bits per heavy atom. The van der Waals surface area contributed by atoms with E-state index in [0.29, 0.717) is 13.2 Å². The maximum Gasteiger partial charge on any atom is 0.0717 e. The van der Waals surface area contributed by atoms with Gasteiger partial charge in [0.25, 0.3) is 0 Å². The molecular formula is C15H23NO. The predicted molar refractivity (Wildman–Crippen MR) is 73.0 cm³/mol. The smallest absolute Gasteiger partial charge is 0.0717 e. The zero-order valence-electron chi connectivity index (χ0n) is 10.9. The van der Waals surface area contributed by atoms with Crippen LogP contribution < -0.4 is 5.32 Å². The fourth-order valence-corrected chi connectivity index (χ4v) is 1.56. The molecule has 1 aromatic carbocycles. The molecule has 1 aromatic rings. The Kier molecular flexibility index (Phi) is 5.95. The van der Waals surface area contributed by atoms with Gasteiger partial charge in [0.1, 0.15) is 0 Å². The summed E-state index contributed by atoms with van der Waals surface area (Å²) in [4.78, 5) is 0. The highest BCUT2D eigenvalue weighted by atomic mass is 16.5. The average molecular weight is 233 g/mol. The molecule has 1 N–H and O–H groups in total. The number of hydrogen-bond acceptors (Lipinski definition) is 2. The van der Waals surface area contributed by atoms with Crippen molar-refractivity contribution in [1.82, 2.24) is 5.32 Å². The van der Waals surface area contributed by atoms with Crippen molar-refractivity contribution in [2.75, 3.05) is 13.2 Å². The first-order valence-corrected chi connectivity index (χ1v) is 6.12. The van der Waals surface area contributed by atoms with Gasteiger partial charge < -0.3 is 10.1 Å². The second kappa shape index (κ2) is 7.25. The summed E-state index contributed by atoms with van der Waals surface area (Å²) in [6, 6.07) is 10.2. The summed E-state index contributed by atoms with van der Waals surface area (Å²) >= 11 is 0. The lowest BCUT2D eigenvalue weighted by atomic mass is 10.1. The minimum atomic E-state index is 0.0117. The number of ether oxygens (including phenoxy) is 1. The molecule has 0 unspecified atom stereocenters. The molecule has 0 atom stereocenters. The van der Waals surface area contributed by atoms with Crippen LogP contribution in [0.1, 0.15) is 25.8 Å². The largest absolute Gasteiger partial charge is 0.375 e. The van der Waals surface area contributed by atoms with Crippen LogP contribution in [0.3, 0.4) is 0 Å². The molecule has 0 fully saturated rings. The third-order valence-electron chi connectivity index (χ3n) is 2.53. The van der Waals surface area contributed by atoms with Crippen molar-refractivity contribution in [1.29, 1.82) is 0 Å². The Balaban J connectivity index is 2.22. The first-order chi connectivity index (χ1) is 8.14. The monoisotopic (exact) mass is 233 g/mol. The molecule has 0 bridgehead atoms. The third kappa shape index (κ3) is 6.25. The van der Waals surface area contributed by atoms with E-state index in [0.717, 1.165) is 13.0 Å². The van der Waals surface area contributed by atoms with Gasteiger partial charge in [0.2, 0.25) is 0 Å². The van der Waals surface area contributed by atoms with Gasteiger partial charge in [-0.25, -0.2) is 0 Å². The highest BCUT2D eigenvalue weighted by molar-refractivity contribution is 5.13. The molecule has 1 rings (SSSR count). The van der Waals surface area contributed by atoms with Crippen molar-refractivity contribution < 1.29 is 4.74 Å². The number of hydrogen-bond donors (Lipinski definition) is 1. The van der Waals surface area contributed by atoms with E-state index in [1.807, 2.05) is 24.3 Å². The van der Waals surface area contributed by atoms with Gasteiger partial charge in [-0.1, -0.05) is 36.4 Å². The van der Waals surface area contributed by atoms with E-state index in [-0.39, 0.29) is 5.54 Å². The average Bonchev–Trinajstić information content (AvgIpc) is 2.30. The maximum atomic E-state index is 5.73. The molecule has 0 amide bonds. The summed E-state index contributed by atoms with van der Waals surface area (Å²) in [5.41, 5.74) is 1.23. The molecule has 0 heterocycles. The van der Waals surface area contributed by atoms with Crippen molar-refractivity contribution >= 4 is 0 Å². The minimum Gasteiger partial charge on any atom is -0.375 e. The molecule has 17 heavy (non-hydrogen) atoms. The van der Waals surface area contributed by atoms with E-state index in [4.69, 9.17) is 4.74 Å². The van der Waals surface area contributed by atoms with Crippen LogP contribution >= 0.6 is 0 Å². The lowest BCUT2D eigenvalue weighted by Gasteiger charge is -2.26. The van der Waals surface area contributed by atoms with Crippen LogP contribution in [0.5, 0.6) is 0 Å². The predicted octanol–water partition coefficient (Wildman–Crippen LogP) is 3.15. The fraction of sp³-hybridized carbons (Fsp3) is 0.467. The normalized spacial score (nSPS) is 11.4. The summed E-state index contributed by atoms with van der Waals surface area (Å²) in [6.45, 7) is 10.3. The van der Waals surface area contributed by atoms with Crippen LogP contribution in [0.2, 0.25) is 0 Å². The van der Waals surface area contributed by atoms with Gasteiger partial charge in [0, 0.05) is 5.54 Å². The fourth-order valence-electron chi connectivity index (χ4n) is 1.56. The highest BCUT2D eigenvalue weighted by Gasteiger charge is 2.16. The molecule has 0 aromatic heterocycles. The Morgan fingerprint density at radius 3 is 2.65 bits per heavy atom. The zero-order valence-corrected chi connectivity index (χ0v) is 10.9. The van der Waals surface area contributed by atoms with Crippen molar-refractivity contribution in [3.05, 3.63) is 48.6 Å². The van der Waals surface area contributed by atoms with Gasteiger partial charge in [-0.2, -0.15) is 0 Å². The van der Waals surface area contributed by atoms with Crippen LogP contribution in [-0.4, -0.2) is 18.7 Å². The van der Waals surface area contributed by atoms with Gasteiger partial charge in [-0.3, -0.25) is 0 Å². The van der Waals surface area contributed by atoms with E-state index in [2.05, 4.69) is 37.9 Å². The summed E-state index contributed by atoms with van der Waals surface area (Å²) in [5.74, 6) is 0.